The largest absolute Gasteiger partial charge is 0.496 e. The lowest BCUT2D eigenvalue weighted by Crippen LogP contribution is -2.09. The van der Waals surface area contributed by atoms with E-state index in [-0.39, 0.29) is 6.10 Å². The standard InChI is InChI=1S/C13H19BrO3/c1-10(2)17-7-6-16-9-11-4-5-13(15-3)12(14)8-11/h4-5,8,10H,6-7,9H2,1-3H3. The number of hydrogen-bond donors (Lipinski definition) is 0. The number of benzene rings is 1. The first kappa shape index (κ1) is 14.5. The molecule has 0 atom stereocenters. The quantitative estimate of drug-likeness (QED) is 0.723. The van der Waals surface area contributed by atoms with Crippen molar-refractivity contribution in [2.24, 2.45) is 0 Å². The summed E-state index contributed by atoms with van der Waals surface area (Å²) in [5.41, 5.74) is 1.11. The van der Waals surface area contributed by atoms with E-state index in [1.54, 1.807) is 7.11 Å². The van der Waals surface area contributed by atoms with E-state index >= 15 is 0 Å². The summed E-state index contributed by atoms with van der Waals surface area (Å²) in [7, 11) is 1.65. The van der Waals surface area contributed by atoms with Crippen LogP contribution in [0.1, 0.15) is 19.4 Å². The molecule has 0 bridgehead atoms. The van der Waals surface area contributed by atoms with Gasteiger partial charge in [0.15, 0.2) is 0 Å². The minimum Gasteiger partial charge on any atom is -0.496 e. The smallest absolute Gasteiger partial charge is 0.133 e. The molecule has 1 aromatic carbocycles. The molecule has 0 amide bonds. The minimum atomic E-state index is 0.258. The summed E-state index contributed by atoms with van der Waals surface area (Å²) in [5.74, 6) is 0.830. The highest BCUT2D eigenvalue weighted by Gasteiger charge is 2.01. The van der Waals surface area contributed by atoms with Crippen LogP contribution in [-0.2, 0) is 16.1 Å². The molecule has 0 N–H and O–H groups in total. The Morgan fingerprint density at radius 2 is 2.00 bits per heavy atom. The molecule has 3 nitrogen and oxygen atoms in total. The molecule has 0 unspecified atom stereocenters. The monoisotopic (exact) mass is 302 g/mol. The van der Waals surface area contributed by atoms with Gasteiger partial charge in [-0.25, -0.2) is 0 Å². The third kappa shape index (κ3) is 5.52. The molecule has 96 valence electrons. The summed E-state index contributed by atoms with van der Waals surface area (Å²) < 4.78 is 17.0. The SMILES string of the molecule is COc1ccc(COCCOC(C)C)cc1Br. The Morgan fingerprint density at radius 1 is 1.24 bits per heavy atom. The third-order valence-corrected chi connectivity index (χ3v) is 2.78. The number of rotatable bonds is 7. The van der Waals surface area contributed by atoms with Crippen molar-refractivity contribution in [2.45, 2.75) is 26.6 Å². The molecule has 0 aliphatic rings. The van der Waals surface area contributed by atoms with Gasteiger partial charge >= 0.3 is 0 Å². The van der Waals surface area contributed by atoms with Gasteiger partial charge in [0.05, 0.1) is 37.5 Å². The van der Waals surface area contributed by atoms with Gasteiger partial charge in [-0.3, -0.25) is 0 Å². The van der Waals surface area contributed by atoms with Crippen molar-refractivity contribution in [2.75, 3.05) is 20.3 Å². The van der Waals surface area contributed by atoms with Gasteiger partial charge in [0, 0.05) is 0 Å². The molecule has 0 fully saturated rings. The average molecular weight is 303 g/mol. The van der Waals surface area contributed by atoms with E-state index in [9.17, 15) is 0 Å². The molecule has 1 aromatic rings. The lowest BCUT2D eigenvalue weighted by molar-refractivity contribution is 0.0143. The third-order valence-electron chi connectivity index (χ3n) is 2.16. The number of ether oxygens (including phenoxy) is 3. The number of methoxy groups -OCH3 is 1. The predicted molar refractivity (Wildman–Crippen MR) is 71.4 cm³/mol. The lowest BCUT2D eigenvalue weighted by atomic mass is 10.2. The van der Waals surface area contributed by atoms with Gasteiger partial charge in [0.1, 0.15) is 5.75 Å². The fourth-order valence-electron chi connectivity index (χ4n) is 1.33. The second-order valence-electron chi connectivity index (χ2n) is 3.94. The molecule has 0 aromatic heterocycles. The zero-order chi connectivity index (χ0) is 12.7. The fraction of sp³-hybridized carbons (Fsp3) is 0.538. The first-order valence-electron chi connectivity index (χ1n) is 5.65. The summed E-state index contributed by atoms with van der Waals surface area (Å²) in [4.78, 5) is 0. The van der Waals surface area contributed by atoms with Gasteiger partial charge in [0.25, 0.3) is 0 Å². The van der Waals surface area contributed by atoms with Crippen LogP contribution in [0.3, 0.4) is 0 Å². The van der Waals surface area contributed by atoms with Crippen molar-refractivity contribution >= 4 is 15.9 Å². The number of halogens is 1. The highest BCUT2D eigenvalue weighted by Crippen LogP contribution is 2.25. The summed E-state index contributed by atoms with van der Waals surface area (Å²) in [6.45, 7) is 5.86. The molecule has 0 saturated heterocycles. The van der Waals surface area contributed by atoms with Gasteiger partial charge in [0.2, 0.25) is 0 Å². The molecule has 17 heavy (non-hydrogen) atoms. The van der Waals surface area contributed by atoms with Crippen LogP contribution in [0.5, 0.6) is 5.75 Å². The van der Waals surface area contributed by atoms with Crippen molar-refractivity contribution < 1.29 is 14.2 Å². The Morgan fingerprint density at radius 3 is 2.59 bits per heavy atom. The topological polar surface area (TPSA) is 27.7 Å². The van der Waals surface area contributed by atoms with Gasteiger partial charge in [-0.2, -0.15) is 0 Å². The Bertz CT molecular complexity index is 339. The van der Waals surface area contributed by atoms with E-state index in [0.717, 1.165) is 15.8 Å². The summed E-state index contributed by atoms with van der Waals surface area (Å²) >= 11 is 3.44. The molecule has 0 radical (unpaired) electrons. The first-order valence-corrected chi connectivity index (χ1v) is 6.44. The van der Waals surface area contributed by atoms with Crippen LogP contribution >= 0.6 is 15.9 Å². The van der Waals surface area contributed by atoms with Crippen molar-refractivity contribution in [1.82, 2.24) is 0 Å². The second-order valence-corrected chi connectivity index (χ2v) is 4.80. The normalized spacial score (nSPS) is 10.9. The van der Waals surface area contributed by atoms with E-state index in [4.69, 9.17) is 14.2 Å². The Labute approximate surface area is 111 Å². The maximum atomic E-state index is 5.51. The van der Waals surface area contributed by atoms with E-state index in [1.807, 2.05) is 32.0 Å². The van der Waals surface area contributed by atoms with Gasteiger partial charge in [-0.1, -0.05) is 6.07 Å². The van der Waals surface area contributed by atoms with Crippen LogP contribution in [0.25, 0.3) is 0 Å². The minimum absolute atomic E-state index is 0.258. The molecule has 0 heterocycles. The van der Waals surface area contributed by atoms with Gasteiger partial charge in [-0.05, 0) is 47.5 Å². The van der Waals surface area contributed by atoms with E-state index < -0.39 is 0 Å². The van der Waals surface area contributed by atoms with E-state index in [0.29, 0.717) is 19.8 Å². The molecule has 0 aliphatic carbocycles. The van der Waals surface area contributed by atoms with Crippen LogP contribution in [0.4, 0.5) is 0 Å². The molecular formula is C13H19BrO3. The molecule has 0 saturated carbocycles. The molecule has 4 heteroatoms. The van der Waals surface area contributed by atoms with Crippen molar-refractivity contribution in [1.29, 1.82) is 0 Å². The Hall–Kier alpha value is -0.580. The van der Waals surface area contributed by atoms with Crippen molar-refractivity contribution in [3.8, 4) is 5.75 Å². The molecule has 0 spiro atoms. The van der Waals surface area contributed by atoms with Gasteiger partial charge < -0.3 is 14.2 Å². The van der Waals surface area contributed by atoms with Crippen LogP contribution in [0.15, 0.2) is 22.7 Å². The van der Waals surface area contributed by atoms with Crippen LogP contribution in [0, 0.1) is 0 Å². The van der Waals surface area contributed by atoms with Crippen molar-refractivity contribution in [3.63, 3.8) is 0 Å². The molecular weight excluding hydrogens is 284 g/mol. The lowest BCUT2D eigenvalue weighted by Gasteiger charge is -2.09. The first-order chi connectivity index (χ1) is 8.13. The second kappa shape index (κ2) is 7.69. The summed E-state index contributed by atoms with van der Waals surface area (Å²) in [6.07, 6.45) is 0.258. The highest BCUT2D eigenvalue weighted by atomic mass is 79.9. The Kier molecular flexibility index (Phi) is 6.55. The Balaban J connectivity index is 2.30. The van der Waals surface area contributed by atoms with Gasteiger partial charge in [-0.15, -0.1) is 0 Å². The van der Waals surface area contributed by atoms with E-state index in [1.165, 1.54) is 0 Å². The van der Waals surface area contributed by atoms with Crippen molar-refractivity contribution in [3.05, 3.63) is 28.2 Å². The zero-order valence-corrected chi connectivity index (χ0v) is 12.1. The number of hydrogen-bond acceptors (Lipinski definition) is 3. The van der Waals surface area contributed by atoms with Crippen LogP contribution in [-0.4, -0.2) is 26.4 Å². The maximum Gasteiger partial charge on any atom is 0.133 e. The van der Waals surface area contributed by atoms with Crippen LogP contribution in [0.2, 0.25) is 0 Å². The average Bonchev–Trinajstić information content (AvgIpc) is 2.28. The van der Waals surface area contributed by atoms with E-state index in [2.05, 4.69) is 15.9 Å². The fourth-order valence-corrected chi connectivity index (χ4v) is 1.92. The highest BCUT2D eigenvalue weighted by molar-refractivity contribution is 9.10. The van der Waals surface area contributed by atoms with Crippen LogP contribution < -0.4 is 4.74 Å². The summed E-state index contributed by atoms with van der Waals surface area (Å²) in [5, 5.41) is 0. The molecule has 0 aliphatic heterocycles. The maximum absolute atomic E-state index is 5.51. The predicted octanol–water partition coefficient (Wildman–Crippen LogP) is 3.40. The summed E-state index contributed by atoms with van der Waals surface area (Å²) in [6, 6.07) is 5.92. The zero-order valence-electron chi connectivity index (χ0n) is 10.5. The molecule has 1 rings (SSSR count).